The molecule has 0 aliphatic heterocycles. The zero-order chi connectivity index (χ0) is 25.2. The van der Waals surface area contributed by atoms with Gasteiger partial charge in [0.1, 0.15) is 26.3 Å². The van der Waals surface area contributed by atoms with Crippen molar-refractivity contribution in [2.75, 3.05) is 25.3 Å². The van der Waals surface area contributed by atoms with Crippen molar-refractivity contribution in [2.24, 2.45) is 0 Å². The van der Waals surface area contributed by atoms with Crippen molar-refractivity contribution in [3.8, 4) is 11.5 Å². The minimum absolute atomic E-state index is 0.0849. The lowest BCUT2D eigenvalue weighted by Gasteiger charge is -2.10. The van der Waals surface area contributed by atoms with E-state index in [0.29, 0.717) is 22.7 Å². The predicted octanol–water partition coefficient (Wildman–Crippen LogP) is 5.46. The molecule has 0 aliphatic carbocycles. The van der Waals surface area contributed by atoms with Crippen LogP contribution in [0.4, 0.5) is 16.4 Å². The number of thiophene rings is 1. The van der Waals surface area contributed by atoms with Gasteiger partial charge in [0, 0.05) is 17.3 Å². The first-order valence-electron chi connectivity index (χ1n) is 10.6. The van der Waals surface area contributed by atoms with E-state index < -0.39 is 15.6 Å². The molecule has 1 heterocycles. The highest BCUT2D eigenvalue weighted by Gasteiger charge is 2.31. The molecule has 0 radical (unpaired) electrons. The molecule has 0 atom stereocenters. The van der Waals surface area contributed by atoms with Gasteiger partial charge in [-0.1, -0.05) is 35.9 Å². The summed E-state index contributed by atoms with van der Waals surface area (Å²) in [5, 5.41) is 3.37. The van der Waals surface area contributed by atoms with Gasteiger partial charge >= 0.3 is 0 Å². The lowest BCUT2D eigenvalue weighted by molar-refractivity contribution is 0.104. The smallest absolute Gasteiger partial charge is 0.211 e. The number of ketones is 1. The standard InChI is InChI=1S/C26H24N2O5S2/c1-16-10-12-21(13-11-16)35(30,31)25-22(27)24(23(29)17-6-4-8-19(14-17)32-2)34-26(25)28-18-7-5-9-20(15-18)33-3/h4-15,28H,27H2,1-3H3. The normalized spacial score (nSPS) is 11.2. The molecular formula is C26H24N2O5S2. The maximum atomic E-state index is 13.7. The molecule has 0 fully saturated rings. The maximum absolute atomic E-state index is 13.7. The van der Waals surface area contributed by atoms with Crippen LogP contribution in [0.1, 0.15) is 20.8 Å². The average molecular weight is 509 g/mol. The van der Waals surface area contributed by atoms with Gasteiger partial charge in [0.15, 0.2) is 0 Å². The van der Waals surface area contributed by atoms with Crippen molar-refractivity contribution in [3.05, 3.63) is 88.8 Å². The van der Waals surface area contributed by atoms with Crippen LogP contribution in [0, 0.1) is 6.92 Å². The summed E-state index contributed by atoms with van der Waals surface area (Å²) in [6, 6.07) is 20.2. The zero-order valence-corrected chi connectivity index (χ0v) is 21.0. The van der Waals surface area contributed by atoms with E-state index in [9.17, 15) is 13.2 Å². The van der Waals surface area contributed by atoms with Gasteiger partial charge in [-0.25, -0.2) is 8.42 Å². The zero-order valence-electron chi connectivity index (χ0n) is 19.4. The molecule has 0 saturated heterocycles. The van der Waals surface area contributed by atoms with Crippen LogP contribution in [0.3, 0.4) is 0 Å². The van der Waals surface area contributed by atoms with Crippen molar-refractivity contribution < 1.29 is 22.7 Å². The van der Waals surface area contributed by atoms with Crippen molar-refractivity contribution in [2.45, 2.75) is 16.7 Å². The minimum Gasteiger partial charge on any atom is -0.497 e. The van der Waals surface area contributed by atoms with Crippen molar-refractivity contribution in [1.29, 1.82) is 0 Å². The van der Waals surface area contributed by atoms with E-state index in [2.05, 4.69) is 5.32 Å². The van der Waals surface area contributed by atoms with E-state index in [1.807, 2.05) is 6.92 Å². The molecule has 0 aliphatic rings. The summed E-state index contributed by atoms with van der Waals surface area (Å²) >= 11 is 0.989. The lowest BCUT2D eigenvalue weighted by atomic mass is 10.1. The average Bonchev–Trinajstić information content (AvgIpc) is 3.20. The lowest BCUT2D eigenvalue weighted by Crippen LogP contribution is -2.08. The number of carbonyl (C=O) groups excluding carboxylic acids is 1. The van der Waals surface area contributed by atoms with Crippen molar-refractivity contribution in [3.63, 3.8) is 0 Å². The van der Waals surface area contributed by atoms with Crippen LogP contribution in [0.5, 0.6) is 11.5 Å². The highest BCUT2D eigenvalue weighted by Crippen LogP contribution is 2.44. The topological polar surface area (TPSA) is 108 Å². The maximum Gasteiger partial charge on any atom is 0.211 e. The van der Waals surface area contributed by atoms with E-state index in [1.54, 1.807) is 67.8 Å². The number of hydrogen-bond donors (Lipinski definition) is 2. The van der Waals surface area contributed by atoms with Gasteiger partial charge in [-0.15, -0.1) is 11.3 Å². The first-order valence-corrected chi connectivity index (χ1v) is 12.9. The van der Waals surface area contributed by atoms with Gasteiger partial charge in [0.05, 0.1) is 24.8 Å². The van der Waals surface area contributed by atoms with Gasteiger partial charge < -0.3 is 20.5 Å². The number of anilines is 3. The molecule has 9 heteroatoms. The second-order valence-corrected chi connectivity index (χ2v) is 10.6. The first-order chi connectivity index (χ1) is 16.7. The number of nitrogens with two attached hydrogens (primary N) is 1. The molecule has 35 heavy (non-hydrogen) atoms. The highest BCUT2D eigenvalue weighted by atomic mass is 32.2. The molecule has 7 nitrogen and oxygen atoms in total. The molecule has 0 spiro atoms. The Hall–Kier alpha value is -3.82. The van der Waals surface area contributed by atoms with Crippen molar-refractivity contribution in [1.82, 2.24) is 0 Å². The molecule has 3 N–H and O–H groups in total. The Kier molecular flexibility index (Phi) is 6.81. The fourth-order valence-corrected chi connectivity index (χ4v) is 6.44. The number of sulfone groups is 1. The molecule has 3 aromatic carbocycles. The Morgan fingerprint density at radius 1 is 0.914 bits per heavy atom. The third-order valence-electron chi connectivity index (χ3n) is 5.37. The monoisotopic (exact) mass is 508 g/mol. The van der Waals surface area contributed by atoms with E-state index >= 15 is 0 Å². The summed E-state index contributed by atoms with van der Waals surface area (Å²) in [6.07, 6.45) is 0. The van der Waals surface area contributed by atoms with E-state index in [1.165, 1.54) is 19.2 Å². The molecule has 4 rings (SSSR count). The predicted molar refractivity (Wildman–Crippen MR) is 138 cm³/mol. The van der Waals surface area contributed by atoms with Crippen LogP contribution in [-0.4, -0.2) is 28.4 Å². The van der Waals surface area contributed by atoms with Gasteiger partial charge in [0.2, 0.25) is 15.6 Å². The number of ether oxygens (including phenoxy) is 2. The van der Waals surface area contributed by atoms with Crippen LogP contribution in [-0.2, 0) is 9.84 Å². The largest absolute Gasteiger partial charge is 0.497 e. The number of methoxy groups -OCH3 is 2. The Morgan fingerprint density at radius 3 is 2.20 bits per heavy atom. The van der Waals surface area contributed by atoms with E-state index in [-0.39, 0.29) is 25.4 Å². The Labute approximate surface area is 208 Å². The number of rotatable bonds is 8. The number of aryl methyl sites for hydroxylation is 1. The highest BCUT2D eigenvalue weighted by molar-refractivity contribution is 7.92. The van der Waals surface area contributed by atoms with Crippen LogP contribution < -0.4 is 20.5 Å². The Morgan fingerprint density at radius 2 is 1.54 bits per heavy atom. The SMILES string of the molecule is COc1cccc(Nc2sc(C(=O)c3cccc(OC)c3)c(N)c2S(=O)(=O)c2ccc(C)cc2)c1. The summed E-state index contributed by atoms with van der Waals surface area (Å²) in [4.78, 5) is 13.5. The third-order valence-corrected chi connectivity index (χ3v) is 8.47. The Bertz CT molecular complexity index is 1490. The quantitative estimate of drug-likeness (QED) is 0.304. The fourth-order valence-electron chi connectivity index (χ4n) is 3.51. The van der Waals surface area contributed by atoms with Crippen LogP contribution in [0.2, 0.25) is 0 Å². The van der Waals surface area contributed by atoms with Gasteiger partial charge in [-0.05, 0) is 43.3 Å². The Balaban J connectivity index is 1.88. The van der Waals surface area contributed by atoms with Crippen LogP contribution in [0.15, 0.2) is 82.6 Å². The molecule has 0 amide bonds. The molecule has 1 aromatic heterocycles. The van der Waals surface area contributed by atoms with Gasteiger partial charge in [0.25, 0.3) is 0 Å². The van der Waals surface area contributed by atoms with E-state index in [0.717, 1.165) is 16.9 Å². The fraction of sp³-hybridized carbons (Fsp3) is 0.115. The minimum atomic E-state index is -4.05. The third kappa shape index (κ3) is 4.87. The summed E-state index contributed by atoms with van der Waals surface area (Å²) in [7, 11) is -0.998. The number of nitrogens with one attached hydrogen (secondary N) is 1. The number of carbonyl (C=O) groups is 1. The summed E-state index contributed by atoms with van der Waals surface area (Å²) in [5.74, 6) is 0.703. The number of hydrogen-bond acceptors (Lipinski definition) is 8. The summed E-state index contributed by atoms with van der Waals surface area (Å²) in [5.41, 5.74) is 8.14. The van der Waals surface area contributed by atoms with E-state index in [4.69, 9.17) is 15.2 Å². The first kappa shape index (κ1) is 24.3. The number of benzene rings is 3. The molecular weight excluding hydrogens is 484 g/mol. The molecule has 0 saturated carbocycles. The molecule has 0 bridgehead atoms. The van der Waals surface area contributed by atoms with Crippen molar-refractivity contribution >= 4 is 43.3 Å². The van der Waals surface area contributed by atoms with Gasteiger partial charge in [-0.3, -0.25) is 4.79 Å². The molecule has 4 aromatic rings. The second-order valence-electron chi connectivity index (χ2n) is 7.74. The summed E-state index contributed by atoms with van der Waals surface area (Å²) < 4.78 is 37.9. The van der Waals surface area contributed by atoms with Gasteiger partial charge in [-0.2, -0.15) is 0 Å². The summed E-state index contributed by atoms with van der Waals surface area (Å²) in [6.45, 7) is 1.87. The van der Waals surface area contributed by atoms with Crippen LogP contribution >= 0.6 is 11.3 Å². The molecule has 180 valence electrons. The molecule has 0 unspecified atom stereocenters. The van der Waals surface area contributed by atoms with Crippen LogP contribution in [0.25, 0.3) is 0 Å². The number of nitrogen functional groups attached to an aromatic ring is 1. The second kappa shape index (κ2) is 9.81.